The van der Waals surface area contributed by atoms with Crippen molar-refractivity contribution in [1.82, 2.24) is 0 Å². The summed E-state index contributed by atoms with van der Waals surface area (Å²) in [6.07, 6.45) is -4.06. The van der Waals surface area contributed by atoms with Crippen LogP contribution in [0.4, 0.5) is 0 Å². The van der Waals surface area contributed by atoms with E-state index in [1.54, 1.807) is 18.2 Å². The molecule has 2 aromatic rings. The average Bonchev–Trinajstić information content (AvgIpc) is 3.14. The molecule has 0 saturated carbocycles. The second-order valence-electron chi connectivity index (χ2n) is 7.72. The van der Waals surface area contributed by atoms with Crippen molar-refractivity contribution in [2.24, 2.45) is 0 Å². The molecule has 30 heavy (non-hydrogen) atoms. The normalized spacial score (nSPS) is 32.9. The van der Waals surface area contributed by atoms with Crippen molar-refractivity contribution in [2.75, 3.05) is 19.8 Å². The lowest BCUT2D eigenvalue weighted by molar-refractivity contribution is -0.329. The Hall–Kier alpha value is -1.71. The van der Waals surface area contributed by atoms with Crippen LogP contribution in [0.25, 0.3) is 0 Å². The van der Waals surface area contributed by atoms with Crippen LogP contribution in [0.1, 0.15) is 23.6 Å². The zero-order valence-electron chi connectivity index (χ0n) is 16.5. The first kappa shape index (κ1) is 21.5. The third kappa shape index (κ3) is 3.40. The minimum Gasteiger partial charge on any atom is -0.494 e. The van der Waals surface area contributed by atoms with Crippen LogP contribution in [0.5, 0.6) is 5.75 Å². The van der Waals surface area contributed by atoms with Crippen LogP contribution in [0, 0.1) is 0 Å². The fraction of sp³-hybridized carbons (Fsp3) is 0.455. The van der Waals surface area contributed by atoms with Crippen LogP contribution < -0.4 is 4.74 Å². The number of aliphatic hydroxyl groups excluding tert-OH is 4. The molecule has 3 unspecified atom stereocenters. The van der Waals surface area contributed by atoms with E-state index in [9.17, 15) is 20.4 Å². The lowest BCUT2D eigenvalue weighted by Crippen LogP contribution is -2.65. The Labute approximate surface area is 179 Å². The molecule has 162 valence electrons. The van der Waals surface area contributed by atoms with Gasteiger partial charge < -0.3 is 34.6 Å². The molecular formula is C22H25ClO7. The van der Waals surface area contributed by atoms with Crippen LogP contribution in [0.2, 0.25) is 5.02 Å². The monoisotopic (exact) mass is 436 g/mol. The first-order valence-corrected chi connectivity index (χ1v) is 10.2. The Kier molecular flexibility index (Phi) is 5.80. The zero-order chi connectivity index (χ0) is 21.5. The Morgan fingerprint density at radius 1 is 1.10 bits per heavy atom. The number of benzene rings is 2. The molecule has 8 heteroatoms. The fourth-order valence-electron chi connectivity index (χ4n) is 4.09. The van der Waals surface area contributed by atoms with Crippen molar-refractivity contribution in [1.29, 1.82) is 0 Å². The Balaban J connectivity index is 1.66. The summed E-state index contributed by atoms with van der Waals surface area (Å²) < 4.78 is 17.1. The molecule has 2 fully saturated rings. The van der Waals surface area contributed by atoms with Gasteiger partial charge in [0.1, 0.15) is 29.7 Å². The van der Waals surface area contributed by atoms with Gasteiger partial charge in [-0.25, -0.2) is 0 Å². The van der Waals surface area contributed by atoms with E-state index < -0.39 is 36.3 Å². The lowest BCUT2D eigenvalue weighted by atomic mass is 9.83. The van der Waals surface area contributed by atoms with E-state index in [1.807, 2.05) is 31.2 Å². The molecule has 0 aliphatic carbocycles. The van der Waals surface area contributed by atoms with Crippen molar-refractivity contribution >= 4 is 11.6 Å². The van der Waals surface area contributed by atoms with E-state index in [0.717, 1.165) is 16.9 Å². The van der Waals surface area contributed by atoms with Crippen LogP contribution >= 0.6 is 11.6 Å². The molecule has 2 bridgehead atoms. The van der Waals surface area contributed by atoms with Crippen molar-refractivity contribution in [3.63, 3.8) is 0 Å². The van der Waals surface area contributed by atoms with E-state index in [0.29, 0.717) is 23.6 Å². The standard InChI is InChI=1S/C22H25ClO7/c1-2-28-16-6-3-13(4-7-16)9-14-10-15(5-8-17(14)23)22-20(27)18(25)19(26)21(11-24,30-22)12-29-22/h3-8,10,18-20,24-27H,2,9,11-12H2,1H3/t18?,19-,20?,21?,22-/m0/s1. The third-order valence-electron chi connectivity index (χ3n) is 5.81. The smallest absolute Gasteiger partial charge is 0.225 e. The number of halogens is 1. The Morgan fingerprint density at radius 3 is 2.50 bits per heavy atom. The summed E-state index contributed by atoms with van der Waals surface area (Å²) in [7, 11) is 0. The van der Waals surface area contributed by atoms with Gasteiger partial charge in [-0.2, -0.15) is 0 Å². The zero-order valence-corrected chi connectivity index (χ0v) is 17.2. The first-order chi connectivity index (χ1) is 14.3. The molecule has 7 nitrogen and oxygen atoms in total. The molecule has 2 aliphatic heterocycles. The van der Waals surface area contributed by atoms with Crippen LogP contribution in [0.15, 0.2) is 42.5 Å². The average molecular weight is 437 g/mol. The second kappa shape index (κ2) is 8.09. The first-order valence-electron chi connectivity index (χ1n) is 9.85. The summed E-state index contributed by atoms with van der Waals surface area (Å²) in [5.74, 6) is -0.925. The largest absolute Gasteiger partial charge is 0.494 e. The maximum absolute atomic E-state index is 10.7. The van der Waals surface area contributed by atoms with Gasteiger partial charge in [0.25, 0.3) is 0 Å². The predicted octanol–water partition coefficient (Wildman–Crippen LogP) is 1.36. The molecule has 0 spiro atoms. The van der Waals surface area contributed by atoms with E-state index in [-0.39, 0.29) is 6.61 Å². The van der Waals surface area contributed by atoms with Crippen LogP contribution in [0.3, 0.4) is 0 Å². The van der Waals surface area contributed by atoms with Gasteiger partial charge in [0.2, 0.25) is 5.79 Å². The minimum atomic E-state index is -1.71. The highest BCUT2D eigenvalue weighted by Gasteiger charge is 2.67. The predicted molar refractivity (Wildman–Crippen MR) is 108 cm³/mol. The fourth-order valence-corrected chi connectivity index (χ4v) is 4.28. The SMILES string of the molecule is CCOc1ccc(Cc2cc([C@]34OCC(CO)(O3)[C@@H](O)C(O)C4O)ccc2Cl)cc1. The molecule has 4 rings (SSSR count). The summed E-state index contributed by atoms with van der Waals surface area (Å²) in [6.45, 7) is 1.78. The van der Waals surface area contributed by atoms with Gasteiger partial charge in [0.05, 0.1) is 19.8 Å². The van der Waals surface area contributed by atoms with E-state index in [1.165, 1.54) is 0 Å². The number of ether oxygens (including phenoxy) is 3. The second-order valence-corrected chi connectivity index (χ2v) is 8.13. The van der Waals surface area contributed by atoms with Gasteiger partial charge >= 0.3 is 0 Å². The lowest BCUT2D eigenvalue weighted by Gasteiger charge is -2.46. The molecule has 0 aromatic heterocycles. The van der Waals surface area contributed by atoms with Gasteiger partial charge in [-0.15, -0.1) is 0 Å². The number of hydrogen-bond acceptors (Lipinski definition) is 7. The molecule has 2 saturated heterocycles. The molecule has 0 radical (unpaired) electrons. The van der Waals surface area contributed by atoms with Crippen molar-refractivity contribution in [3.05, 3.63) is 64.2 Å². The Bertz CT molecular complexity index is 905. The van der Waals surface area contributed by atoms with E-state index in [4.69, 9.17) is 25.8 Å². The number of hydrogen-bond donors (Lipinski definition) is 4. The van der Waals surface area contributed by atoms with Gasteiger partial charge in [-0.05, 0) is 48.7 Å². The molecule has 4 N–H and O–H groups in total. The highest BCUT2D eigenvalue weighted by Crippen LogP contribution is 2.49. The summed E-state index contributed by atoms with van der Waals surface area (Å²) in [4.78, 5) is 0. The summed E-state index contributed by atoms with van der Waals surface area (Å²) in [5, 5.41) is 41.7. The maximum atomic E-state index is 10.7. The molecule has 2 heterocycles. The maximum Gasteiger partial charge on any atom is 0.225 e. The van der Waals surface area contributed by atoms with Crippen molar-refractivity contribution in [2.45, 2.75) is 43.0 Å². The minimum absolute atomic E-state index is 0.171. The molecule has 2 aliphatic rings. The quantitative estimate of drug-likeness (QED) is 0.541. The van der Waals surface area contributed by atoms with Crippen molar-refractivity contribution in [3.8, 4) is 5.75 Å². The number of aliphatic hydroxyl groups is 4. The summed E-state index contributed by atoms with van der Waals surface area (Å²) >= 11 is 6.41. The third-order valence-corrected chi connectivity index (χ3v) is 6.17. The summed E-state index contributed by atoms with van der Waals surface area (Å²) in [6, 6.07) is 12.7. The molecular weight excluding hydrogens is 412 g/mol. The number of fused-ring (bicyclic) bond motifs is 2. The van der Waals surface area contributed by atoms with Gasteiger partial charge in [-0.3, -0.25) is 0 Å². The van der Waals surface area contributed by atoms with Gasteiger partial charge in [0, 0.05) is 10.6 Å². The van der Waals surface area contributed by atoms with E-state index in [2.05, 4.69) is 0 Å². The van der Waals surface area contributed by atoms with Gasteiger partial charge in [-0.1, -0.05) is 29.8 Å². The highest BCUT2D eigenvalue weighted by molar-refractivity contribution is 6.31. The number of rotatable bonds is 6. The van der Waals surface area contributed by atoms with Crippen LogP contribution in [-0.2, 0) is 21.7 Å². The van der Waals surface area contributed by atoms with Crippen LogP contribution in [-0.4, -0.2) is 64.2 Å². The molecule has 0 amide bonds. The highest BCUT2D eigenvalue weighted by atomic mass is 35.5. The molecule has 2 aromatic carbocycles. The Morgan fingerprint density at radius 2 is 1.83 bits per heavy atom. The van der Waals surface area contributed by atoms with Crippen molar-refractivity contribution < 1.29 is 34.6 Å². The van der Waals surface area contributed by atoms with Gasteiger partial charge in [0.15, 0.2) is 0 Å². The summed E-state index contributed by atoms with van der Waals surface area (Å²) in [5.41, 5.74) is 0.719. The molecule has 5 atom stereocenters. The van der Waals surface area contributed by atoms with E-state index >= 15 is 0 Å². The topological polar surface area (TPSA) is 109 Å².